The Morgan fingerprint density at radius 3 is 2.22 bits per heavy atom. The molecule has 192 valence electrons. The number of benzene rings is 3. The summed E-state index contributed by atoms with van der Waals surface area (Å²) in [6.45, 7) is 1.82. The second kappa shape index (κ2) is 11.3. The first kappa shape index (κ1) is 26.6. The van der Waals surface area contributed by atoms with E-state index >= 15 is 0 Å². The summed E-state index contributed by atoms with van der Waals surface area (Å²) in [5, 5.41) is 9.87. The van der Waals surface area contributed by atoms with Crippen molar-refractivity contribution in [3.8, 4) is 11.5 Å². The highest BCUT2D eigenvalue weighted by atomic mass is 127. The lowest BCUT2D eigenvalue weighted by molar-refractivity contribution is -0.145. The molecule has 0 aliphatic rings. The van der Waals surface area contributed by atoms with E-state index < -0.39 is 23.8 Å². The minimum atomic E-state index is -4.42. The first-order valence-electron chi connectivity index (χ1n) is 11.3. The van der Waals surface area contributed by atoms with Crippen molar-refractivity contribution >= 4 is 45.1 Å². The zero-order valence-corrected chi connectivity index (χ0v) is 21.7. The molecule has 1 atom stereocenters. The van der Waals surface area contributed by atoms with Gasteiger partial charge in [-0.15, -0.1) is 0 Å². The highest BCUT2D eigenvalue weighted by molar-refractivity contribution is 14.1. The number of carboxylic acids is 1. The largest absolute Gasteiger partial charge is 0.486 e. The van der Waals surface area contributed by atoms with Crippen LogP contribution in [-0.4, -0.2) is 23.8 Å². The summed E-state index contributed by atoms with van der Waals surface area (Å²) in [4.78, 5) is 11.4. The number of hydrogen-bond acceptors (Lipinski definition) is 4. The van der Waals surface area contributed by atoms with Crippen molar-refractivity contribution in [3.63, 3.8) is 0 Å². The summed E-state index contributed by atoms with van der Waals surface area (Å²) < 4.78 is 57.4. The molecule has 9 heteroatoms. The molecule has 0 saturated heterocycles. The molecule has 0 aliphatic heterocycles. The van der Waals surface area contributed by atoms with Crippen LogP contribution in [0.4, 0.5) is 13.2 Å². The second-order valence-corrected chi connectivity index (χ2v) is 9.33. The molecular weight excluding hydrogens is 600 g/mol. The zero-order valence-electron chi connectivity index (χ0n) is 19.6. The van der Waals surface area contributed by atoms with Gasteiger partial charge in [-0.25, -0.2) is 4.79 Å². The van der Waals surface area contributed by atoms with Crippen molar-refractivity contribution in [1.29, 1.82) is 0 Å². The lowest BCUT2D eigenvalue weighted by atomic mass is 9.96. The van der Waals surface area contributed by atoms with Crippen molar-refractivity contribution in [2.24, 2.45) is 0 Å². The molecular formula is C28H22F3IO5. The van der Waals surface area contributed by atoms with E-state index in [2.05, 4.69) is 22.6 Å². The second-order valence-electron chi connectivity index (χ2n) is 8.09. The molecule has 1 unspecified atom stereocenters. The number of rotatable bonds is 9. The fourth-order valence-electron chi connectivity index (χ4n) is 3.77. The Bertz CT molecular complexity index is 1410. The van der Waals surface area contributed by atoms with Crippen molar-refractivity contribution in [1.82, 2.24) is 0 Å². The van der Waals surface area contributed by atoms with Crippen LogP contribution in [0.25, 0.3) is 16.5 Å². The molecule has 37 heavy (non-hydrogen) atoms. The number of carbonyl (C=O) groups is 1. The van der Waals surface area contributed by atoms with Gasteiger partial charge >= 0.3 is 12.1 Å². The van der Waals surface area contributed by atoms with Gasteiger partial charge in [-0.1, -0.05) is 31.2 Å². The van der Waals surface area contributed by atoms with E-state index in [1.54, 1.807) is 31.2 Å². The van der Waals surface area contributed by atoms with Gasteiger partial charge in [0, 0.05) is 3.57 Å². The predicted molar refractivity (Wildman–Crippen MR) is 142 cm³/mol. The number of ether oxygens (including phenoxy) is 2. The van der Waals surface area contributed by atoms with E-state index in [1.165, 1.54) is 18.4 Å². The number of fused-ring (bicyclic) bond motifs is 1. The Morgan fingerprint density at radius 1 is 1.00 bits per heavy atom. The fraction of sp³-hybridized carbons (Fsp3) is 0.179. The number of aliphatic carboxylic acids is 1. The van der Waals surface area contributed by atoms with Crippen LogP contribution in [0.5, 0.6) is 11.5 Å². The van der Waals surface area contributed by atoms with E-state index in [0.717, 1.165) is 21.3 Å². The van der Waals surface area contributed by atoms with E-state index in [-0.39, 0.29) is 6.61 Å². The first-order chi connectivity index (χ1) is 17.7. The Kier molecular flexibility index (Phi) is 8.11. The molecule has 0 fully saturated rings. The molecule has 1 heterocycles. The zero-order chi connectivity index (χ0) is 26.6. The van der Waals surface area contributed by atoms with Crippen LogP contribution < -0.4 is 9.47 Å². The minimum Gasteiger partial charge on any atom is -0.486 e. The standard InChI is InChI=1S/C28H22F3IO5/c1-2-23(27(33)34)37-24-11-12-25(26-22(24)14-16-36-26)35-15-13-21(18-5-9-20(32)10-6-18)17-3-7-19(8-4-17)28(29,30)31/h3-14,16,23H,2,15H2,1H3,(H,33,34). The molecule has 3 aromatic carbocycles. The maximum atomic E-state index is 13.1. The summed E-state index contributed by atoms with van der Waals surface area (Å²) >= 11 is 2.18. The number of hydrogen-bond donors (Lipinski definition) is 1. The van der Waals surface area contributed by atoms with Gasteiger partial charge in [0.05, 0.1) is 17.2 Å². The normalized spacial score (nSPS) is 12.9. The quantitative estimate of drug-likeness (QED) is 0.193. The average molecular weight is 622 g/mol. The molecule has 1 N–H and O–H groups in total. The van der Waals surface area contributed by atoms with Gasteiger partial charge in [-0.05, 0) is 94.3 Å². The Hall–Kier alpha value is -3.47. The van der Waals surface area contributed by atoms with Crippen molar-refractivity contribution < 1.29 is 37.0 Å². The predicted octanol–water partition coefficient (Wildman–Crippen LogP) is 7.81. The number of carboxylic acid groups (broad SMARTS) is 1. The molecule has 1 aromatic heterocycles. The van der Waals surface area contributed by atoms with Gasteiger partial charge in [0.2, 0.25) is 0 Å². The molecule has 4 rings (SSSR count). The van der Waals surface area contributed by atoms with Crippen LogP contribution in [0.3, 0.4) is 0 Å². The Labute approximate surface area is 224 Å². The summed E-state index contributed by atoms with van der Waals surface area (Å²) in [5.41, 5.74) is 1.84. The van der Waals surface area contributed by atoms with Crippen LogP contribution in [-0.2, 0) is 11.0 Å². The number of furan rings is 1. The summed E-state index contributed by atoms with van der Waals surface area (Å²) in [6, 6.07) is 17.5. The lowest BCUT2D eigenvalue weighted by Gasteiger charge is -2.15. The van der Waals surface area contributed by atoms with Crippen LogP contribution in [0.1, 0.15) is 30.0 Å². The highest BCUT2D eigenvalue weighted by Crippen LogP contribution is 2.35. The fourth-order valence-corrected chi connectivity index (χ4v) is 4.13. The van der Waals surface area contributed by atoms with Gasteiger partial charge in [0.15, 0.2) is 17.4 Å². The molecule has 0 amide bonds. The first-order valence-corrected chi connectivity index (χ1v) is 12.4. The Balaban J connectivity index is 1.61. The maximum absolute atomic E-state index is 13.1. The topological polar surface area (TPSA) is 68.9 Å². The van der Waals surface area contributed by atoms with Crippen LogP contribution in [0.2, 0.25) is 0 Å². The highest BCUT2D eigenvalue weighted by Gasteiger charge is 2.30. The molecule has 0 radical (unpaired) electrons. The summed E-state index contributed by atoms with van der Waals surface area (Å²) in [5.74, 6) is -0.275. The van der Waals surface area contributed by atoms with Gasteiger partial charge in [0.25, 0.3) is 0 Å². The van der Waals surface area contributed by atoms with Gasteiger partial charge in [0.1, 0.15) is 12.4 Å². The average Bonchev–Trinajstić information content (AvgIpc) is 3.37. The maximum Gasteiger partial charge on any atom is 0.416 e. The Morgan fingerprint density at radius 2 is 1.62 bits per heavy atom. The van der Waals surface area contributed by atoms with E-state index in [9.17, 15) is 23.1 Å². The number of alkyl halides is 3. The van der Waals surface area contributed by atoms with Gasteiger partial charge in [-0.3, -0.25) is 0 Å². The van der Waals surface area contributed by atoms with Crippen molar-refractivity contribution in [2.45, 2.75) is 25.6 Å². The monoisotopic (exact) mass is 622 g/mol. The van der Waals surface area contributed by atoms with E-state index in [4.69, 9.17) is 13.9 Å². The molecule has 5 nitrogen and oxygen atoms in total. The molecule has 0 spiro atoms. The molecule has 4 aromatic rings. The van der Waals surface area contributed by atoms with Gasteiger partial charge < -0.3 is 19.0 Å². The van der Waals surface area contributed by atoms with E-state index in [1.807, 2.05) is 24.3 Å². The van der Waals surface area contributed by atoms with Crippen molar-refractivity contribution in [2.75, 3.05) is 6.61 Å². The summed E-state index contributed by atoms with van der Waals surface area (Å²) in [6.07, 6.45) is -1.86. The summed E-state index contributed by atoms with van der Waals surface area (Å²) in [7, 11) is 0. The third kappa shape index (κ3) is 6.27. The van der Waals surface area contributed by atoms with Crippen LogP contribution in [0, 0.1) is 3.57 Å². The number of halogens is 4. The van der Waals surface area contributed by atoms with Crippen LogP contribution >= 0.6 is 22.6 Å². The van der Waals surface area contributed by atoms with Crippen LogP contribution in [0.15, 0.2) is 83.5 Å². The third-order valence-corrected chi connectivity index (χ3v) is 6.38. The third-order valence-electron chi connectivity index (χ3n) is 5.66. The SMILES string of the molecule is CCC(Oc1ccc(OCC=C(c2ccc(I)cc2)c2ccc(C(F)(F)F)cc2)c2occc12)C(=O)O. The minimum absolute atomic E-state index is 0.102. The van der Waals surface area contributed by atoms with Gasteiger partial charge in [-0.2, -0.15) is 13.2 Å². The van der Waals surface area contributed by atoms with Crippen molar-refractivity contribution in [3.05, 3.63) is 99.3 Å². The molecule has 0 saturated carbocycles. The molecule has 0 aliphatic carbocycles. The smallest absolute Gasteiger partial charge is 0.416 e. The lowest BCUT2D eigenvalue weighted by Crippen LogP contribution is -2.25. The molecule has 0 bridgehead atoms. The van der Waals surface area contributed by atoms with E-state index in [0.29, 0.717) is 40.0 Å².